The number of carbonyl (C=O) groups excluding carboxylic acids is 2. The van der Waals surface area contributed by atoms with Crippen LogP contribution in [0.1, 0.15) is 16.9 Å². The van der Waals surface area contributed by atoms with Crippen LogP contribution in [0.3, 0.4) is 0 Å². The van der Waals surface area contributed by atoms with Crippen molar-refractivity contribution in [2.24, 2.45) is 11.8 Å². The lowest BCUT2D eigenvalue weighted by Crippen LogP contribution is -2.45. The minimum Gasteiger partial charge on any atom is -0.336 e. The second-order valence-electron chi connectivity index (χ2n) is 5.92. The van der Waals surface area contributed by atoms with Gasteiger partial charge in [-0.05, 0) is 18.4 Å². The van der Waals surface area contributed by atoms with Crippen LogP contribution < -0.4 is 4.90 Å². The third-order valence-electron chi connectivity index (χ3n) is 4.62. The molecule has 2 aromatic heterocycles. The molecule has 2 fully saturated rings. The number of rotatable bonds is 2. The number of carbonyl (C=O) groups is 2. The van der Waals surface area contributed by atoms with E-state index in [2.05, 4.69) is 20.2 Å². The number of hydrogen-bond donors (Lipinski definition) is 1. The molecule has 0 unspecified atom stereocenters. The van der Waals surface area contributed by atoms with E-state index in [1.807, 2.05) is 0 Å². The van der Waals surface area contributed by atoms with Crippen molar-refractivity contribution in [3.05, 3.63) is 36.7 Å². The maximum absolute atomic E-state index is 12.8. The fourth-order valence-corrected chi connectivity index (χ4v) is 3.45. The smallest absolute Gasteiger partial charge is 0.271 e. The van der Waals surface area contributed by atoms with Gasteiger partial charge in [0, 0.05) is 25.8 Å². The van der Waals surface area contributed by atoms with E-state index in [-0.39, 0.29) is 23.7 Å². The minimum atomic E-state index is -0.157. The summed E-state index contributed by atoms with van der Waals surface area (Å²) in [6, 6.07) is 1.65. The number of H-pyrrole nitrogens is 1. The van der Waals surface area contributed by atoms with E-state index in [0.717, 1.165) is 6.42 Å². The van der Waals surface area contributed by atoms with Gasteiger partial charge in [0.2, 0.25) is 5.91 Å². The molecule has 4 heterocycles. The predicted molar refractivity (Wildman–Crippen MR) is 80.5 cm³/mol. The maximum atomic E-state index is 12.8. The van der Waals surface area contributed by atoms with Gasteiger partial charge in [-0.25, -0.2) is 9.97 Å². The van der Waals surface area contributed by atoms with Crippen LogP contribution in [0.25, 0.3) is 0 Å². The minimum absolute atomic E-state index is 0.0518. The summed E-state index contributed by atoms with van der Waals surface area (Å²) in [6.45, 7) is 1.71. The first-order valence-corrected chi connectivity index (χ1v) is 7.59. The van der Waals surface area contributed by atoms with Gasteiger partial charge in [-0.3, -0.25) is 14.7 Å². The summed E-state index contributed by atoms with van der Waals surface area (Å²) in [6.07, 6.45) is 7.17. The molecule has 118 valence electrons. The summed E-state index contributed by atoms with van der Waals surface area (Å²) < 4.78 is 0. The zero-order chi connectivity index (χ0) is 15.8. The van der Waals surface area contributed by atoms with Crippen molar-refractivity contribution >= 4 is 17.5 Å². The molecule has 23 heavy (non-hydrogen) atoms. The number of anilines is 1. The summed E-state index contributed by atoms with van der Waals surface area (Å²) in [5, 5.41) is 6.50. The number of nitrogens with zero attached hydrogens (tertiary/aromatic N) is 5. The zero-order valence-corrected chi connectivity index (χ0v) is 12.4. The summed E-state index contributed by atoms with van der Waals surface area (Å²) in [4.78, 5) is 36.6. The molecule has 8 nitrogen and oxygen atoms in total. The monoisotopic (exact) mass is 312 g/mol. The Balaban J connectivity index is 1.52. The van der Waals surface area contributed by atoms with Gasteiger partial charge in [0.25, 0.3) is 5.91 Å². The van der Waals surface area contributed by atoms with Gasteiger partial charge in [0.1, 0.15) is 12.0 Å². The van der Waals surface area contributed by atoms with Crippen molar-refractivity contribution in [1.82, 2.24) is 25.1 Å². The summed E-state index contributed by atoms with van der Waals surface area (Å²) >= 11 is 0. The second kappa shape index (κ2) is 5.45. The van der Waals surface area contributed by atoms with E-state index < -0.39 is 0 Å². The van der Waals surface area contributed by atoms with Crippen LogP contribution in [0.5, 0.6) is 0 Å². The molecule has 0 bridgehead atoms. The van der Waals surface area contributed by atoms with E-state index in [0.29, 0.717) is 31.0 Å². The zero-order valence-electron chi connectivity index (χ0n) is 12.4. The normalized spacial score (nSPS) is 23.9. The van der Waals surface area contributed by atoms with Crippen LogP contribution in [0.15, 0.2) is 31.0 Å². The maximum Gasteiger partial charge on any atom is 0.271 e. The lowest BCUT2D eigenvalue weighted by atomic mass is 9.88. The molecule has 2 amide bonds. The average molecular weight is 312 g/mol. The number of piperidine rings is 1. The number of aromatic nitrogens is 4. The lowest BCUT2D eigenvalue weighted by Gasteiger charge is -2.33. The molecule has 0 aromatic carbocycles. The first kappa shape index (κ1) is 13.9. The van der Waals surface area contributed by atoms with Gasteiger partial charge < -0.3 is 9.80 Å². The van der Waals surface area contributed by atoms with Gasteiger partial charge in [0.15, 0.2) is 0 Å². The second-order valence-corrected chi connectivity index (χ2v) is 5.92. The molecule has 2 aliphatic rings. The van der Waals surface area contributed by atoms with Crippen LogP contribution in [0.4, 0.5) is 5.69 Å². The summed E-state index contributed by atoms with van der Waals surface area (Å²) in [7, 11) is 0. The van der Waals surface area contributed by atoms with Gasteiger partial charge in [-0.2, -0.15) is 5.10 Å². The predicted octanol–water partition coefficient (Wildman–Crippen LogP) is 0.325. The van der Waals surface area contributed by atoms with Crippen molar-refractivity contribution < 1.29 is 9.59 Å². The highest BCUT2D eigenvalue weighted by Gasteiger charge is 2.44. The molecule has 8 heteroatoms. The molecule has 2 saturated heterocycles. The fraction of sp³-hybridized carbons (Fsp3) is 0.400. The van der Waals surface area contributed by atoms with Crippen molar-refractivity contribution in [2.45, 2.75) is 6.42 Å². The first-order chi connectivity index (χ1) is 11.2. The molecule has 2 aromatic rings. The Hall–Kier alpha value is -2.77. The Morgan fingerprint density at radius 2 is 2.09 bits per heavy atom. The Bertz CT molecular complexity index is 717. The number of amides is 2. The molecular formula is C15H16N6O2. The summed E-state index contributed by atoms with van der Waals surface area (Å²) in [5.41, 5.74) is 1.18. The van der Waals surface area contributed by atoms with Crippen molar-refractivity contribution in [1.29, 1.82) is 0 Å². The molecule has 0 spiro atoms. The summed E-state index contributed by atoms with van der Waals surface area (Å²) in [5.74, 6) is 0.0151. The van der Waals surface area contributed by atoms with Crippen LogP contribution in [0, 0.1) is 11.8 Å². The van der Waals surface area contributed by atoms with Crippen LogP contribution in [-0.4, -0.2) is 56.5 Å². The van der Waals surface area contributed by atoms with Gasteiger partial charge >= 0.3 is 0 Å². The quantitative estimate of drug-likeness (QED) is 0.862. The van der Waals surface area contributed by atoms with Gasteiger partial charge in [-0.1, -0.05) is 0 Å². The third kappa shape index (κ3) is 2.36. The molecular weight excluding hydrogens is 296 g/mol. The van der Waals surface area contributed by atoms with Crippen molar-refractivity contribution in [3.8, 4) is 0 Å². The standard InChI is InChI=1S/C15H16N6O2/c22-14-12-8-20(15(23)13-1-3-18-19-13)7-10(12)2-4-21(14)11-5-16-9-17-6-11/h1,3,5-6,9-10,12H,2,4,7-8H2,(H,18,19)/t10-,12-/m0/s1. The van der Waals surface area contributed by atoms with E-state index in [9.17, 15) is 9.59 Å². The largest absolute Gasteiger partial charge is 0.336 e. The topological polar surface area (TPSA) is 95.1 Å². The van der Waals surface area contributed by atoms with Gasteiger partial charge in [-0.15, -0.1) is 0 Å². The number of aromatic amines is 1. The molecule has 0 radical (unpaired) electrons. The highest BCUT2D eigenvalue weighted by molar-refractivity contribution is 5.98. The third-order valence-corrected chi connectivity index (χ3v) is 4.62. The molecule has 0 aliphatic carbocycles. The fourth-order valence-electron chi connectivity index (χ4n) is 3.45. The van der Waals surface area contributed by atoms with Crippen LogP contribution in [-0.2, 0) is 4.79 Å². The number of likely N-dealkylation sites (tertiary alicyclic amines) is 1. The van der Waals surface area contributed by atoms with E-state index in [1.54, 1.807) is 34.5 Å². The Labute approximate surface area is 132 Å². The van der Waals surface area contributed by atoms with Gasteiger partial charge in [0.05, 0.1) is 24.0 Å². The molecule has 4 rings (SSSR count). The Morgan fingerprint density at radius 3 is 2.83 bits per heavy atom. The first-order valence-electron chi connectivity index (χ1n) is 7.59. The van der Waals surface area contributed by atoms with Crippen LogP contribution in [0.2, 0.25) is 0 Å². The van der Waals surface area contributed by atoms with Crippen LogP contribution >= 0.6 is 0 Å². The van der Waals surface area contributed by atoms with E-state index in [4.69, 9.17) is 0 Å². The van der Waals surface area contributed by atoms with E-state index >= 15 is 0 Å². The number of fused-ring (bicyclic) bond motifs is 1. The molecule has 2 atom stereocenters. The lowest BCUT2D eigenvalue weighted by molar-refractivity contribution is -0.124. The van der Waals surface area contributed by atoms with Crippen molar-refractivity contribution in [2.75, 3.05) is 24.5 Å². The Morgan fingerprint density at radius 1 is 1.26 bits per heavy atom. The highest BCUT2D eigenvalue weighted by atomic mass is 16.2. The van der Waals surface area contributed by atoms with E-state index in [1.165, 1.54) is 6.33 Å². The number of nitrogens with one attached hydrogen (secondary N) is 1. The highest BCUT2D eigenvalue weighted by Crippen LogP contribution is 2.34. The SMILES string of the molecule is O=C(c1ccn[nH]1)N1C[C@@H]2CCN(c3cncnc3)C(=O)[C@H]2C1. The molecule has 0 saturated carbocycles. The number of hydrogen-bond acceptors (Lipinski definition) is 5. The molecule has 1 N–H and O–H groups in total. The molecule has 2 aliphatic heterocycles. The average Bonchev–Trinajstić information content (AvgIpc) is 3.25. The Kier molecular flexibility index (Phi) is 3.29. The van der Waals surface area contributed by atoms with Crippen molar-refractivity contribution in [3.63, 3.8) is 0 Å².